The van der Waals surface area contributed by atoms with E-state index in [4.69, 9.17) is 17.3 Å². The largest absolute Gasteiger partial charge is 0.326 e. The van der Waals surface area contributed by atoms with Crippen molar-refractivity contribution in [2.45, 2.75) is 51.1 Å². The van der Waals surface area contributed by atoms with Crippen LogP contribution in [0, 0.1) is 5.92 Å². The van der Waals surface area contributed by atoms with E-state index in [9.17, 15) is 8.42 Å². The van der Waals surface area contributed by atoms with Crippen molar-refractivity contribution in [3.8, 4) is 0 Å². The molecule has 0 saturated heterocycles. The van der Waals surface area contributed by atoms with E-state index in [0.29, 0.717) is 10.9 Å². The van der Waals surface area contributed by atoms with Crippen molar-refractivity contribution in [1.82, 2.24) is 4.72 Å². The summed E-state index contributed by atoms with van der Waals surface area (Å²) in [7, 11) is -3.55. The van der Waals surface area contributed by atoms with Crippen molar-refractivity contribution in [2.75, 3.05) is 0 Å². The van der Waals surface area contributed by atoms with E-state index in [1.54, 1.807) is 6.07 Å². The second kappa shape index (κ2) is 7.41. The summed E-state index contributed by atoms with van der Waals surface area (Å²) in [6.07, 6.45) is 1.88. The maximum absolute atomic E-state index is 12.3. The average molecular weight is 319 g/mol. The van der Waals surface area contributed by atoms with E-state index in [2.05, 4.69) is 18.6 Å². The van der Waals surface area contributed by atoms with Gasteiger partial charge in [0.25, 0.3) is 0 Å². The lowest BCUT2D eigenvalue weighted by Gasteiger charge is -2.22. The Morgan fingerprint density at radius 1 is 1.30 bits per heavy atom. The van der Waals surface area contributed by atoms with E-state index in [1.165, 1.54) is 12.1 Å². The van der Waals surface area contributed by atoms with Crippen molar-refractivity contribution >= 4 is 21.6 Å². The molecule has 6 heteroatoms. The monoisotopic (exact) mass is 318 g/mol. The minimum atomic E-state index is -3.55. The molecule has 0 amide bonds. The van der Waals surface area contributed by atoms with Crippen LogP contribution in [0.25, 0.3) is 0 Å². The summed E-state index contributed by atoms with van der Waals surface area (Å²) in [5, 5.41) is 0.380. The summed E-state index contributed by atoms with van der Waals surface area (Å²) in [6, 6.07) is 4.53. The predicted molar refractivity (Wildman–Crippen MR) is 83.2 cm³/mol. The summed E-state index contributed by atoms with van der Waals surface area (Å²) >= 11 is 6.02. The molecular weight excluding hydrogens is 296 g/mol. The highest BCUT2D eigenvalue weighted by Crippen LogP contribution is 2.22. The summed E-state index contributed by atoms with van der Waals surface area (Å²) in [5.41, 5.74) is 6.25. The van der Waals surface area contributed by atoms with Crippen molar-refractivity contribution in [3.05, 3.63) is 28.8 Å². The van der Waals surface area contributed by atoms with Gasteiger partial charge in [0.05, 0.1) is 4.90 Å². The van der Waals surface area contributed by atoms with Gasteiger partial charge in [0, 0.05) is 17.6 Å². The molecule has 1 aromatic rings. The van der Waals surface area contributed by atoms with Crippen LogP contribution in [0.5, 0.6) is 0 Å². The lowest BCUT2D eigenvalue weighted by molar-refractivity contribution is 0.391. The zero-order valence-corrected chi connectivity index (χ0v) is 13.8. The van der Waals surface area contributed by atoms with Gasteiger partial charge >= 0.3 is 0 Å². The number of hydrogen-bond acceptors (Lipinski definition) is 3. The first kappa shape index (κ1) is 17.4. The quantitative estimate of drug-likeness (QED) is 0.812. The van der Waals surface area contributed by atoms with Gasteiger partial charge in [-0.05, 0) is 30.5 Å². The molecule has 0 bridgehead atoms. The van der Waals surface area contributed by atoms with Crippen LogP contribution in [0.2, 0.25) is 5.02 Å². The van der Waals surface area contributed by atoms with Gasteiger partial charge in [-0.25, -0.2) is 13.1 Å². The number of sulfonamides is 1. The highest BCUT2D eigenvalue weighted by Gasteiger charge is 2.22. The molecule has 0 saturated carbocycles. The Balaban J connectivity index is 2.97. The summed E-state index contributed by atoms with van der Waals surface area (Å²) in [4.78, 5) is 0.178. The first-order valence-electron chi connectivity index (χ1n) is 6.86. The smallest absolute Gasteiger partial charge is 0.240 e. The molecule has 0 aliphatic carbocycles. The first-order valence-corrected chi connectivity index (χ1v) is 8.72. The SMILES string of the molecule is CCC(CC)C(C)NS(=O)(=O)c1ccc(CN)c(Cl)c1. The fourth-order valence-electron chi connectivity index (χ4n) is 2.27. The third-order valence-corrected chi connectivity index (χ3v) is 5.56. The normalized spacial score (nSPS) is 13.7. The number of nitrogens with two attached hydrogens (primary N) is 1. The van der Waals surface area contributed by atoms with Gasteiger partial charge in [-0.2, -0.15) is 0 Å². The molecule has 20 heavy (non-hydrogen) atoms. The number of halogens is 1. The lowest BCUT2D eigenvalue weighted by atomic mass is 9.96. The molecule has 114 valence electrons. The van der Waals surface area contributed by atoms with E-state index < -0.39 is 10.0 Å². The van der Waals surface area contributed by atoms with Gasteiger partial charge in [0.15, 0.2) is 0 Å². The molecule has 0 aliphatic heterocycles. The van der Waals surface area contributed by atoms with E-state index in [-0.39, 0.29) is 17.5 Å². The Morgan fingerprint density at radius 2 is 1.90 bits per heavy atom. The maximum atomic E-state index is 12.3. The second-order valence-corrected chi connectivity index (χ2v) is 7.07. The van der Waals surface area contributed by atoms with Crippen molar-refractivity contribution < 1.29 is 8.42 Å². The molecule has 3 N–H and O–H groups in total. The number of nitrogens with one attached hydrogen (secondary N) is 1. The highest BCUT2D eigenvalue weighted by molar-refractivity contribution is 7.89. The average Bonchev–Trinajstić information content (AvgIpc) is 2.39. The molecule has 4 nitrogen and oxygen atoms in total. The fourth-order valence-corrected chi connectivity index (χ4v) is 3.93. The lowest BCUT2D eigenvalue weighted by Crippen LogP contribution is -2.37. The molecule has 1 aromatic carbocycles. The van der Waals surface area contributed by atoms with Crippen LogP contribution in [-0.4, -0.2) is 14.5 Å². The van der Waals surface area contributed by atoms with Gasteiger partial charge in [-0.3, -0.25) is 0 Å². The fraction of sp³-hybridized carbons (Fsp3) is 0.571. The van der Waals surface area contributed by atoms with Crippen LogP contribution in [-0.2, 0) is 16.6 Å². The Kier molecular flexibility index (Phi) is 6.45. The van der Waals surface area contributed by atoms with Crippen LogP contribution in [0.15, 0.2) is 23.1 Å². The Morgan fingerprint density at radius 3 is 2.35 bits per heavy atom. The molecule has 0 heterocycles. The van der Waals surface area contributed by atoms with Gasteiger partial charge in [-0.15, -0.1) is 0 Å². The third kappa shape index (κ3) is 4.19. The van der Waals surface area contributed by atoms with Gasteiger partial charge in [-0.1, -0.05) is 44.4 Å². The highest BCUT2D eigenvalue weighted by atomic mass is 35.5. The van der Waals surface area contributed by atoms with Crippen LogP contribution in [0.3, 0.4) is 0 Å². The molecule has 0 radical (unpaired) electrons. The molecular formula is C14H23ClN2O2S. The molecule has 0 fully saturated rings. The van der Waals surface area contributed by atoms with Gasteiger partial charge < -0.3 is 5.73 Å². The number of benzene rings is 1. The standard InChI is InChI=1S/C14H23ClN2O2S/c1-4-11(5-2)10(3)17-20(18,19)13-7-6-12(9-16)14(15)8-13/h6-8,10-11,17H,4-5,9,16H2,1-3H3. The minimum Gasteiger partial charge on any atom is -0.326 e. The summed E-state index contributed by atoms with van der Waals surface area (Å²) in [6.45, 7) is 6.31. The molecule has 1 atom stereocenters. The number of rotatable bonds is 7. The van der Waals surface area contributed by atoms with Crippen LogP contribution < -0.4 is 10.5 Å². The molecule has 0 aliphatic rings. The Bertz CT molecular complexity index is 542. The Labute approximate surface area is 126 Å². The summed E-state index contributed by atoms with van der Waals surface area (Å²) in [5.74, 6) is 0.323. The first-order chi connectivity index (χ1) is 9.35. The number of hydrogen-bond donors (Lipinski definition) is 2. The summed E-state index contributed by atoms with van der Waals surface area (Å²) < 4.78 is 27.4. The van der Waals surface area contributed by atoms with Gasteiger partial charge in [0.1, 0.15) is 0 Å². The van der Waals surface area contributed by atoms with Crippen LogP contribution in [0.1, 0.15) is 39.2 Å². The topological polar surface area (TPSA) is 72.2 Å². The minimum absolute atomic E-state index is 0.108. The zero-order valence-electron chi connectivity index (χ0n) is 12.2. The van der Waals surface area contributed by atoms with Crippen molar-refractivity contribution in [1.29, 1.82) is 0 Å². The predicted octanol–water partition coefficient (Wildman–Crippen LogP) is 2.90. The Hall–Kier alpha value is -0.620. The van der Waals surface area contributed by atoms with Crippen molar-refractivity contribution in [3.63, 3.8) is 0 Å². The van der Waals surface area contributed by atoms with E-state index in [1.807, 2.05) is 6.92 Å². The molecule has 0 aromatic heterocycles. The maximum Gasteiger partial charge on any atom is 0.240 e. The van der Waals surface area contributed by atoms with Crippen molar-refractivity contribution in [2.24, 2.45) is 11.7 Å². The van der Waals surface area contributed by atoms with Gasteiger partial charge in [0.2, 0.25) is 10.0 Å². The third-order valence-electron chi connectivity index (χ3n) is 3.65. The molecule has 1 unspecified atom stereocenters. The second-order valence-electron chi connectivity index (χ2n) is 4.94. The molecule has 0 spiro atoms. The van der Waals surface area contributed by atoms with E-state index in [0.717, 1.165) is 18.4 Å². The van der Waals surface area contributed by atoms with Crippen LogP contribution >= 0.6 is 11.6 Å². The van der Waals surface area contributed by atoms with Crippen LogP contribution in [0.4, 0.5) is 0 Å². The van der Waals surface area contributed by atoms with E-state index >= 15 is 0 Å². The molecule has 1 rings (SSSR count). The zero-order chi connectivity index (χ0) is 15.3.